The second-order valence-corrected chi connectivity index (χ2v) is 12.0. The number of aromatic nitrogens is 7. The minimum Gasteiger partial charge on any atom is -0.473 e. The molecule has 0 spiro atoms. The highest BCUT2D eigenvalue weighted by Crippen LogP contribution is 2.38. The first-order valence-electron chi connectivity index (χ1n) is 15.6. The number of imidazole rings is 1. The summed E-state index contributed by atoms with van der Waals surface area (Å²) in [7, 11) is 0. The molecule has 0 aliphatic carbocycles. The Hall–Kier alpha value is -4.83. The Morgan fingerprint density at radius 2 is 1.83 bits per heavy atom. The number of likely N-dealkylation sites (tertiary alicyclic amines) is 1. The standard InChI is InChI=1S/C32H30F4N8O4/c33-21-5-4-19(28-29(21)48-17-47-28)16-46-27-3-1-2-22(39-27)18-6-9-43(10-7-18)15-26-38-23-12-24(30-40-31(42-41-30)32(34,35)36)37-13-25(23)44(26)14-20-8-11-45-20/h1-5,12-13,18,20H,6-11,14-17H2,(H,40,41,42)/t20-/m0/s1. The van der Waals surface area contributed by atoms with Crippen molar-refractivity contribution >= 4 is 11.0 Å². The number of ether oxygens (including phenoxy) is 4. The summed E-state index contributed by atoms with van der Waals surface area (Å²) in [4.78, 5) is 18.6. The number of aromatic amines is 1. The molecule has 0 bridgehead atoms. The zero-order chi connectivity index (χ0) is 32.8. The predicted octanol–water partition coefficient (Wildman–Crippen LogP) is 5.25. The fourth-order valence-corrected chi connectivity index (χ4v) is 6.27. The van der Waals surface area contributed by atoms with Gasteiger partial charge in [0.15, 0.2) is 17.4 Å². The molecule has 7 heterocycles. The zero-order valence-corrected chi connectivity index (χ0v) is 25.5. The number of benzene rings is 1. The van der Waals surface area contributed by atoms with Crippen LogP contribution in [0.5, 0.6) is 17.4 Å². The van der Waals surface area contributed by atoms with Gasteiger partial charge in [0.25, 0.3) is 0 Å². The Kier molecular flexibility index (Phi) is 7.83. The van der Waals surface area contributed by atoms with Crippen LogP contribution < -0.4 is 14.2 Å². The molecule has 1 N–H and O–H groups in total. The van der Waals surface area contributed by atoms with Crippen LogP contribution >= 0.6 is 0 Å². The van der Waals surface area contributed by atoms with E-state index >= 15 is 0 Å². The minimum atomic E-state index is -4.63. The number of hydrogen-bond donors (Lipinski definition) is 1. The molecule has 16 heteroatoms. The van der Waals surface area contributed by atoms with Gasteiger partial charge in [0, 0.05) is 29.8 Å². The van der Waals surface area contributed by atoms with Crippen LogP contribution in [0.1, 0.15) is 48.1 Å². The van der Waals surface area contributed by atoms with Crippen molar-refractivity contribution in [3.05, 3.63) is 71.3 Å². The third kappa shape index (κ3) is 6.01. The highest BCUT2D eigenvalue weighted by molar-refractivity contribution is 5.78. The third-order valence-electron chi connectivity index (χ3n) is 8.93. The average molecular weight is 667 g/mol. The maximum absolute atomic E-state index is 14.0. The third-order valence-corrected chi connectivity index (χ3v) is 8.93. The first kappa shape index (κ1) is 30.5. The van der Waals surface area contributed by atoms with Gasteiger partial charge in [0.1, 0.15) is 18.1 Å². The van der Waals surface area contributed by atoms with Gasteiger partial charge in [0.05, 0.1) is 36.4 Å². The molecule has 0 radical (unpaired) electrons. The van der Waals surface area contributed by atoms with E-state index in [1.165, 1.54) is 6.07 Å². The molecule has 3 aliphatic heterocycles. The second-order valence-electron chi connectivity index (χ2n) is 12.0. The number of nitrogens with one attached hydrogen (secondary N) is 1. The molecular weight excluding hydrogens is 636 g/mol. The molecule has 0 saturated carbocycles. The van der Waals surface area contributed by atoms with Crippen LogP contribution in [0.25, 0.3) is 22.6 Å². The molecule has 2 fully saturated rings. The van der Waals surface area contributed by atoms with E-state index in [0.29, 0.717) is 42.4 Å². The molecule has 1 atom stereocenters. The van der Waals surface area contributed by atoms with Crippen LogP contribution in [-0.4, -0.2) is 72.2 Å². The normalized spacial score (nSPS) is 18.4. The van der Waals surface area contributed by atoms with Crippen LogP contribution in [-0.2, 0) is 30.6 Å². The van der Waals surface area contributed by atoms with Gasteiger partial charge in [-0.25, -0.2) is 14.4 Å². The molecule has 0 unspecified atom stereocenters. The van der Waals surface area contributed by atoms with E-state index < -0.39 is 17.8 Å². The van der Waals surface area contributed by atoms with E-state index in [-0.39, 0.29) is 42.7 Å². The highest BCUT2D eigenvalue weighted by Gasteiger charge is 2.36. The molecule has 5 aromatic rings. The van der Waals surface area contributed by atoms with E-state index in [0.717, 1.165) is 49.4 Å². The number of fused-ring (bicyclic) bond motifs is 2. The lowest BCUT2D eigenvalue weighted by Crippen LogP contribution is -2.35. The largest absolute Gasteiger partial charge is 0.473 e. The van der Waals surface area contributed by atoms with Crippen LogP contribution in [0.15, 0.2) is 42.6 Å². The van der Waals surface area contributed by atoms with E-state index in [2.05, 4.69) is 29.6 Å². The van der Waals surface area contributed by atoms with Crippen molar-refractivity contribution in [3.8, 4) is 28.9 Å². The summed E-state index contributed by atoms with van der Waals surface area (Å²) in [5.41, 5.74) is 3.25. The van der Waals surface area contributed by atoms with Crippen molar-refractivity contribution in [1.82, 2.24) is 39.6 Å². The van der Waals surface area contributed by atoms with Crippen molar-refractivity contribution in [2.24, 2.45) is 0 Å². The molecule has 0 amide bonds. The maximum atomic E-state index is 14.0. The van der Waals surface area contributed by atoms with Crippen LogP contribution in [0.4, 0.5) is 17.6 Å². The summed E-state index contributed by atoms with van der Waals surface area (Å²) in [6.07, 6.45) is -0.231. The lowest BCUT2D eigenvalue weighted by molar-refractivity contribution is -0.144. The Morgan fingerprint density at radius 1 is 1.00 bits per heavy atom. The first-order chi connectivity index (χ1) is 23.3. The van der Waals surface area contributed by atoms with Gasteiger partial charge in [-0.1, -0.05) is 6.07 Å². The van der Waals surface area contributed by atoms with E-state index in [1.807, 2.05) is 12.1 Å². The number of alkyl halides is 3. The van der Waals surface area contributed by atoms with Gasteiger partial charge in [0.2, 0.25) is 24.2 Å². The molecule has 3 aliphatic rings. The Balaban J connectivity index is 0.942. The Bertz CT molecular complexity index is 1950. The Morgan fingerprint density at radius 3 is 2.60 bits per heavy atom. The number of nitrogens with zero attached hydrogens (tertiary/aromatic N) is 7. The fourth-order valence-electron chi connectivity index (χ4n) is 6.27. The second kappa shape index (κ2) is 12.3. The first-order valence-corrected chi connectivity index (χ1v) is 15.6. The molecule has 8 rings (SSSR count). The lowest BCUT2D eigenvalue weighted by Gasteiger charge is -2.32. The molecule has 48 heavy (non-hydrogen) atoms. The van der Waals surface area contributed by atoms with Crippen molar-refractivity contribution < 1.29 is 36.5 Å². The number of pyridine rings is 2. The monoisotopic (exact) mass is 666 g/mol. The van der Waals surface area contributed by atoms with E-state index in [9.17, 15) is 17.6 Å². The zero-order valence-electron chi connectivity index (χ0n) is 25.5. The molecular formula is C32H30F4N8O4. The number of piperidine rings is 1. The summed E-state index contributed by atoms with van der Waals surface area (Å²) in [5, 5.41) is 6.86. The SMILES string of the molecule is Fc1ccc(COc2cccc(C3CCN(Cc4nc5cc(-c6nnc(C(F)(F)F)[nH]6)ncc5n4C[C@@H]4CCO4)CC3)n2)c2c1OCO2. The van der Waals surface area contributed by atoms with E-state index in [1.54, 1.807) is 24.4 Å². The summed E-state index contributed by atoms with van der Waals surface area (Å²) in [5.74, 6) is 0.301. The van der Waals surface area contributed by atoms with E-state index in [4.69, 9.17) is 28.9 Å². The van der Waals surface area contributed by atoms with Crippen molar-refractivity contribution in [2.45, 2.75) is 57.2 Å². The number of halogens is 4. The molecule has 12 nitrogen and oxygen atoms in total. The summed E-state index contributed by atoms with van der Waals surface area (Å²) in [6.45, 7) is 3.70. The summed E-state index contributed by atoms with van der Waals surface area (Å²) >= 11 is 0. The van der Waals surface area contributed by atoms with Gasteiger partial charge >= 0.3 is 6.18 Å². The lowest BCUT2D eigenvalue weighted by atomic mass is 9.93. The summed E-state index contributed by atoms with van der Waals surface area (Å²) in [6, 6.07) is 10.3. The minimum absolute atomic E-state index is 0.0279. The number of hydrogen-bond acceptors (Lipinski definition) is 10. The van der Waals surface area contributed by atoms with Gasteiger partial charge < -0.3 is 28.5 Å². The van der Waals surface area contributed by atoms with Crippen molar-refractivity contribution in [3.63, 3.8) is 0 Å². The van der Waals surface area contributed by atoms with Crippen molar-refractivity contribution in [1.29, 1.82) is 0 Å². The number of rotatable bonds is 9. The maximum Gasteiger partial charge on any atom is 0.451 e. The van der Waals surface area contributed by atoms with Crippen LogP contribution in [0, 0.1) is 5.82 Å². The molecule has 250 valence electrons. The van der Waals surface area contributed by atoms with Gasteiger partial charge in [-0.15, -0.1) is 10.2 Å². The Labute approximate surface area is 271 Å². The summed E-state index contributed by atoms with van der Waals surface area (Å²) < 4.78 is 77.6. The predicted molar refractivity (Wildman–Crippen MR) is 161 cm³/mol. The van der Waals surface area contributed by atoms with Gasteiger partial charge in [-0.2, -0.15) is 13.2 Å². The van der Waals surface area contributed by atoms with Crippen molar-refractivity contribution in [2.75, 3.05) is 26.5 Å². The molecule has 1 aromatic carbocycles. The smallest absolute Gasteiger partial charge is 0.451 e. The highest BCUT2D eigenvalue weighted by atomic mass is 19.4. The molecule has 4 aromatic heterocycles. The van der Waals surface area contributed by atoms with Crippen LogP contribution in [0.2, 0.25) is 0 Å². The number of H-pyrrole nitrogens is 1. The topological polar surface area (TPSA) is 125 Å². The molecule has 2 saturated heterocycles. The quantitative estimate of drug-likeness (QED) is 0.209. The van der Waals surface area contributed by atoms with Gasteiger partial charge in [-0.3, -0.25) is 9.88 Å². The van der Waals surface area contributed by atoms with Crippen LogP contribution in [0.3, 0.4) is 0 Å². The fraction of sp³-hybridized carbons (Fsp3) is 0.406. The average Bonchev–Trinajstić information content (AvgIpc) is 3.82. The van der Waals surface area contributed by atoms with Gasteiger partial charge in [-0.05, 0) is 56.6 Å².